The lowest BCUT2D eigenvalue weighted by atomic mass is 9.92. The van der Waals surface area contributed by atoms with E-state index in [9.17, 15) is 13.2 Å². The van der Waals surface area contributed by atoms with Gasteiger partial charge < -0.3 is 15.0 Å². The monoisotopic (exact) mass is 607 g/mol. The maximum atomic E-state index is 15.1. The number of benzene rings is 2. The third kappa shape index (κ3) is 5.58. The lowest BCUT2D eigenvalue weighted by Crippen LogP contribution is -2.37. The molecule has 6 rings (SSSR count). The Hall–Kier alpha value is -4.54. The Bertz CT molecular complexity index is 1720. The number of nitrogens with zero attached hydrogens (tertiary/aromatic N) is 4. The first kappa shape index (κ1) is 29.5. The molecule has 1 aliphatic heterocycles. The number of ether oxygens (including phenoxy) is 1. The number of fused-ring (bicyclic) bond motifs is 2. The molecule has 3 heterocycles. The van der Waals surface area contributed by atoms with Crippen molar-refractivity contribution >= 4 is 22.8 Å². The molecule has 1 N–H and O–H groups in total. The second-order valence-electron chi connectivity index (χ2n) is 10.7. The molecule has 0 spiro atoms. The molecule has 1 atom stereocenters. The van der Waals surface area contributed by atoms with Gasteiger partial charge in [0.1, 0.15) is 23.2 Å². The number of pyridine rings is 1. The molecule has 2 aromatic heterocycles. The van der Waals surface area contributed by atoms with Crippen molar-refractivity contribution in [2.24, 2.45) is 0 Å². The third-order valence-corrected chi connectivity index (χ3v) is 7.99. The molecule has 6 nitrogen and oxygen atoms in total. The van der Waals surface area contributed by atoms with Crippen LogP contribution in [0.3, 0.4) is 0 Å². The highest BCUT2D eigenvalue weighted by atomic mass is 19.4. The van der Waals surface area contributed by atoms with Gasteiger partial charge in [0.15, 0.2) is 5.82 Å². The van der Waals surface area contributed by atoms with Gasteiger partial charge in [-0.3, -0.25) is 4.98 Å². The van der Waals surface area contributed by atoms with Crippen molar-refractivity contribution in [1.29, 1.82) is 0 Å². The van der Waals surface area contributed by atoms with Crippen LogP contribution in [0.4, 0.5) is 39.1 Å². The fourth-order valence-electron chi connectivity index (χ4n) is 5.90. The van der Waals surface area contributed by atoms with Crippen molar-refractivity contribution in [2.75, 3.05) is 16.8 Å². The first-order chi connectivity index (χ1) is 21.2. The summed E-state index contributed by atoms with van der Waals surface area (Å²) < 4.78 is 76.8. The molecule has 0 radical (unpaired) electrons. The molecule has 0 amide bonds. The summed E-state index contributed by atoms with van der Waals surface area (Å²) in [6, 6.07) is 10.9. The molecule has 1 unspecified atom stereocenters. The summed E-state index contributed by atoms with van der Waals surface area (Å²) in [7, 11) is 0. The van der Waals surface area contributed by atoms with E-state index in [-0.39, 0.29) is 36.2 Å². The van der Waals surface area contributed by atoms with Gasteiger partial charge in [-0.2, -0.15) is 13.2 Å². The molecular weight excluding hydrogens is 577 g/mol. The van der Waals surface area contributed by atoms with Crippen LogP contribution in [0.2, 0.25) is 0 Å². The molecule has 2 aromatic carbocycles. The summed E-state index contributed by atoms with van der Waals surface area (Å²) in [5, 5.41) is 2.93. The van der Waals surface area contributed by atoms with Crippen molar-refractivity contribution < 1.29 is 26.7 Å². The number of hydrogen-bond acceptors (Lipinski definition) is 6. The van der Waals surface area contributed by atoms with E-state index in [0.717, 1.165) is 35.1 Å². The molecule has 2 aliphatic rings. The standard InChI is InChI=1S/C33H30F5N5O/c1-3-19-14-23(21-8-5-6-11-30(21)43(19)18-24-26(34)15-20(44-4-2)16-27(24)35)32-40-28-10-7-9-22(28)31(42-32)41-29-12-13-39-17-25(29)33(36,37)38/h5-6,8,11-17,19H,3-4,7,9-10,18H2,1-2H3,(H,39,40,41,42). The summed E-state index contributed by atoms with van der Waals surface area (Å²) in [6.45, 7) is 3.98. The minimum absolute atomic E-state index is 0.0243. The van der Waals surface area contributed by atoms with E-state index >= 15 is 8.78 Å². The van der Waals surface area contributed by atoms with E-state index in [1.54, 1.807) is 6.92 Å². The Balaban J connectivity index is 1.41. The molecule has 0 fully saturated rings. The number of rotatable bonds is 8. The van der Waals surface area contributed by atoms with Crippen LogP contribution in [0.25, 0.3) is 5.57 Å². The molecule has 4 aromatic rings. The first-order valence-electron chi connectivity index (χ1n) is 14.5. The number of anilines is 3. The van der Waals surface area contributed by atoms with Crippen LogP contribution in [-0.4, -0.2) is 27.6 Å². The Labute approximate surface area is 251 Å². The predicted octanol–water partition coefficient (Wildman–Crippen LogP) is 8.03. The van der Waals surface area contributed by atoms with Crippen molar-refractivity contribution in [3.63, 3.8) is 0 Å². The zero-order valence-electron chi connectivity index (χ0n) is 24.2. The van der Waals surface area contributed by atoms with Crippen molar-refractivity contribution in [1.82, 2.24) is 15.0 Å². The van der Waals surface area contributed by atoms with Gasteiger partial charge in [-0.15, -0.1) is 0 Å². The second-order valence-corrected chi connectivity index (χ2v) is 10.7. The largest absolute Gasteiger partial charge is 0.494 e. The Kier molecular flexibility index (Phi) is 7.96. The maximum absolute atomic E-state index is 15.1. The molecule has 1 aliphatic carbocycles. The minimum Gasteiger partial charge on any atom is -0.494 e. The average Bonchev–Trinajstić information content (AvgIpc) is 3.48. The molecule has 228 valence electrons. The van der Waals surface area contributed by atoms with E-state index in [1.807, 2.05) is 42.2 Å². The average molecular weight is 608 g/mol. The van der Waals surface area contributed by atoms with Crippen LogP contribution in [0.1, 0.15) is 60.5 Å². The quantitative estimate of drug-likeness (QED) is 0.205. The normalized spacial score (nSPS) is 15.9. The minimum atomic E-state index is -4.60. The lowest BCUT2D eigenvalue weighted by molar-refractivity contribution is -0.137. The Morgan fingerprint density at radius 1 is 1.02 bits per heavy atom. The fourth-order valence-corrected chi connectivity index (χ4v) is 5.90. The van der Waals surface area contributed by atoms with Crippen LogP contribution < -0.4 is 15.0 Å². The Morgan fingerprint density at radius 3 is 2.52 bits per heavy atom. The van der Waals surface area contributed by atoms with Crippen molar-refractivity contribution in [3.05, 3.63) is 106 Å². The number of hydrogen-bond donors (Lipinski definition) is 1. The molecule has 11 heteroatoms. The molecular formula is C33H30F5N5O. The van der Waals surface area contributed by atoms with E-state index in [4.69, 9.17) is 14.7 Å². The van der Waals surface area contributed by atoms with Crippen molar-refractivity contribution in [3.8, 4) is 5.75 Å². The van der Waals surface area contributed by atoms with E-state index in [2.05, 4.69) is 10.3 Å². The molecule has 0 saturated carbocycles. The summed E-state index contributed by atoms with van der Waals surface area (Å²) in [6.07, 6.45) is 2.21. The highest BCUT2D eigenvalue weighted by molar-refractivity contribution is 5.88. The summed E-state index contributed by atoms with van der Waals surface area (Å²) >= 11 is 0. The van der Waals surface area contributed by atoms with Crippen LogP contribution in [0.5, 0.6) is 5.75 Å². The topological polar surface area (TPSA) is 63.2 Å². The fraction of sp³-hybridized carbons (Fsp3) is 0.303. The summed E-state index contributed by atoms with van der Waals surface area (Å²) in [4.78, 5) is 15.3. The zero-order valence-corrected chi connectivity index (χ0v) is 24.2. The van der Waals surface area contributed by atoms with Crippen molar-refractivity contribution in [2.45, 2.75) is 58.3 Å². The number of aromatic nitrogens is 3. The third-order valence-electron chi connectivity index (χ3n) is 7.99. The second kappa shape index (κ2) is 11.9. The number of halogens is 5. The van der Waals surface area contributed by atoms with Crippen LogP contribution >= 0.6 is 0 Å². The summed E-state index contributed by atoms with van der Waals surface area (Å²) in [5.74, 6) is -0.553. The van der Waals surface area contributed by atoms with Gasteiger partial charge in [0.25, 0.3) is 0 Å². The molecule has 0 bridgehead atoms. The van der Waals surface area contributed by atoms with Crippen LogP contribution in [0, 0.1) is 11.6 Å². The summed E-state index contributed by atoms with van der Waals surface area (Å²) in [5.41, 5.74) is 2.69. The smallest absolute Gasteiger partial charge is 0.419 e. The van der Waals surface area contributed by atoms with E-state index < -0.39 is 23.4 Å². The highest BCUT2D eigenvalue weighted by Crippen LogP contribution is 2.41. The number of aryl methyl sites for hydroxylation is 1. The van der Waals surface area contributed by atoms with Gasteiger partial charge in [-0.25, -0.2) is 18.7 Å². The van der Waals surface area contributed by atoms with Gasteiger partial charge in [-0.1, -0.05) is 31.2 Å². The van der Waals surface area contributed by atoms with Gasteiger partial charge in [0, 0.05) is 70.8 Å². The zero-order chi connectivity index (χ0) is 31.0. The lowest BCUT2D eigenvalue weighted by Gasteiger charge is -2.37. The van der Waals surface area contributed by atoms with E-state index in [1.165, 1.54) is 24.4 Å². The predicted molar refractivity (Wildman–Crippen MR) is 158 cm³/mol. The molecule has 44 heavy (non-hydrogen) atoms. The SMILES string of the molecule is CCOc1cc(F)c(CN2c3ccccc3C(c3nc4c(c(Nc5ccncc5C(F)(F)F)n3)CCC4)=CC2CC)c(F)c1. The van der Waals surface area contributed by atoms with Gasteiger partial charge in [0.2, 0.25) is 0 Å². The highest BCUT2D eigenvalue weighted by Gasteiger charge is 2.35. The first-order valence-corrected chi connectivity index (χ1v) is 14.5. The van der Waals surface area contributed by atoms with Gasteiger partial charge in [-0.05, 0) is 44.7 Å². The number of nitrogens with one attached hydrogen (secondary N) is 1. The molecule has 0 saturated heterocycles. The number of para-hydroxylation sites is 1. The van der Waals surface area contributed by atoms with Gasteiger partial charge in [0.05, 0.1) is 17.9 Å². The number of alkyl halides is 3. The van der Waals surface area contributed by atoms with Gasteiger partial charge >= 0.3 is 6.18 Å². The Morgan fingerprint density at radius 2 is 1.80 bits per heavy atom. The van der Waals surface area contributed by atoms with Crippen LogP contribution in [0.15, 0.2) is 60.9 Å². The van der Waals surface area contributed by atoms with Crippen LogP contribution in [-0.2, 0) is 25.6 Å². The maximum Gasteiger partial charge on any atom is 0.419 e. The van der Waals surface area contributed by atoms with E-state index in [0.29, 0.717) is 36.5 Å².